The van der Waals surface area contributed by atoms with Crippen molar-refractivity contribution >= 4 is 38.3 Å². The first kappa shape index (κ1) is 22.6. The van der Waals surface area contributed by atoms with Crippen molar-refractivity contribution in [2.75, 3.05) is 26.2 Å². The molecule has 0 bridgehead atoms. The molecular weight excluding hydrogens is 472 g/mol. The first-order chi connectivity index (χ1) is 16.5. The second-order valence-corrected chi connectivity index (χ2v) is 11.0. The van der Waals surface area contributed by atoms with E-state index in [2.05, 4.69) is 4.98 Å². The molecule has 10 heteroatoms. The number of carbonyl (C=O) groups excluding carboxylic acids is 1. The Morgan fingerprint density at radius 1 is 0.941 bits per heavy atom. The van der Waals surface area contributed by atoms with Crippen LogP contribution in [0.3, 0.4) is 0 Å². The van der Waals surface area contributed by atoms with E-state index in [-0.39, 0.29) is 32.1 Å². The summed E-state index contributed by atoms with van der Waals surface area (Å²) in [5.41, 5.74) is 1.66. The maximum Gasteiger partial charge on any atom is 0.252 e. The molecule has 1 amide bonds. The van der Waals surface area contributed by atoms with E-state index in [1.165, 1.54) is 15.6 Å². The molecule has 1 aliphatic rings. The van der Waals surface area contributed by atoms with Gasteiger partial charge in [-0.3, -0.25) is 4.79 Å². The van der Waals surface area contributed by atoms with Crippen molar-refractivity contribution in [3.05, 3.63) is 77.9 Å². The summed E-state index contributed by atoms with van der Waals surface area (Å²) >= 11 is 1.21. The molecular formula is C24H24N4O4S2. The van der Waals surface area contributed by atoms with Crippen LogP contribution in [0.5, 0.6) is 5.75 Å². The minimum absolute atomic E-state index is 0.0720. The van der Waals surface area contributed by atoms with Crippen LogP contribution >= 0.6 is 11.3 Å². The Balaban J connectivity index is 1.29. The summed E-state index contributed by atoms with van der Waals surface area (Å²) in [6.45, 7) is 1.61. The number of amides is 1. The quantitative estimate of drug-likeness (QED) is 0.392. The fraction of sp³-hybridized carbons (Fsp3) is 0.250. The lowest BCUT2D eigenvalue weighted by atomic mass is 10.3. The molecule has 0 atom stereocenters. The predicted octanol–water partition coefficient (Wildman–Crippen LogP) is 3.21. The molecule has 0 saturated carbocycles. The van der Waals surface area contributed by atoms with Crippen molar-refractivity contribution in [2.24, 2.45) is 0 Å². The molecule has 0 spiro atoms. The van der Waals surface area contributed by atoms with Crippen molar-refractivity contribution in [3.63, 3.8) is 0 Å². The van der Waals surface area contributed by atoms with Crippen LogP contribution in [0, 0.1) is 0 Å². The first-order valence-corrected chi connectivity index (χ1v) is 13.3. The molecule has 4 aromatic rings. The normalized spacial score (nSPS) is 15.0. The van der Waals surface area contributed by atoms with Gasteiger partial charge in [0.1, 0.15) is 28.9 Å². The van der Waals surface area contributed by atoms with Crippen molar-refractivity contribution in [1.29, 1.82) is 0 Å². The molecule has 176 valence electrons. The third-order valence-corrected chi connectivity index (χ3v) is 9.09. The van der Waals surface area contributed by atoms with E-state index in [1.54, 1.807) is 22.4 Å². The number of nitrogens with zero attached hydrogens (tertiary/aromatic N) is 4. The van der Waals surface area contributed by atoms with Gasteiger partial charge in [-0.15, -0.1) is 11.3 Å². The summed E-state index contributed by atoms with van der Waals surface area (Å²) in [4.78, 5) is 19.6. The zero-order chi connectivity index (χ0) is 23.5. The number of sulfonamides is 1. The summed E-state index contributed by atoms with van der Waals surface area (Å²) in [5.74, 6) is 1.32. The van der Waals surface area contributed by atoms with Gasteiger partial charge in [-0.25, -0.2) is 13.4 Å². The number of benzene rings is 2. The minimum atomic E-state index is -3.50. The predicted molar refractivity (Wildman–Crippen MR) is 130 cm³/mol. The van der Waals surface area contributed by atoms with Gasteiger partial charge in [0.15, 0.2) is 0 Å². The first-order valence-electron chi connectivity index (χ1n) is 11.0. The standard InChI is InChI=1S/C24H24N4O4S2/c29-23(26-12-14-27(15-13-26)34(30,31)24-11-6-16-33-24)17-28-21-10-5-4-9-20(21)25-22(28)18-32-19-7-2-1-3-8-19/h1-11,16H,12-15,17-18H2. The average molecular weight is 497 g/mol. The topological polar surface area (TPSA) is 84.7 Å². The van der Waals surface area contributed by atoms with E-state index >= 15 is 0 Å². The third kappa shape index (κ3) is 4.56. The van der Waals surface area contributed by atoms with Crippen LogP contribution in [-0.2, 0) is 28.0 Å². The van der Waals surface area contributed by atoms with E-state index in [9.17, 15) is 13.2 Å². The van der Waals surface area contributed by atoms with Crippen LogP contribution in [0.15, 0.2) is 76.3 Å². The van der Waals surface area contributed by atoms with Gasteiger partial charge in [0.05, 0.1) is 11.0 Å². The zero-order valence-corrected chi connectivity index (χ0v) is 20.0. The molecule has 1 saturated heterocycles. The number of hydrogen-bond acceptors (Lipinski definition) is 6. The number of hydrogen-bond donors (Lipinski definition) is 0. The van der Waals surface area contributed by atoms with Crippen molar-refractivity contribution in [3.8, 4) is 5.75 Å². The second-order valence-electron chi connectivity index (χ2n) is 7.92. The van der Waals surface area contributed by atoms with Crippen molar-refractivity contribution in [1.82, 2.24) is 18.8 Å². The van der Waals surface area contributed by atoms with Crippen molar-refractivity contribution in [2.45, 2.75) is 17.4 Å². The van der Waals surface area contributed by atoms with Crippen LogP contribution in [0.25, 0.3) is 11.0 Å². The average Bonchev–Trinajstić information content (AvgIpc) is 3.53. The number of piperazine rings is 1. The fourth-order valence-corrected chi connectivity index (χ4v) is 6.59. The summed E-state index contributed by atoms with van der Waals surface area (Å²) in [5, 5.41) is 1.75. The van der Waals surface area contributed by atoms with E-state index in [0.29, 0.717) is 23.1 Å². The Bertz CT molecular complexity index is 1380. The summed E-state index contributed by atoms with van der Waals surface area (Å²) in [6.07, 6.45) is 0. The van der Waals surface area contributed by atoms with Gasteiger partial charge in [0.2, 0.25) is 5.91 Å². The Kier molecular flexibility index (Phi) is 6.36. The van der Waals surface area contributed by atoms with Gasteiger partial charge < -0.3 is 14.2 Å². The number of carbonyl (C=O) groups is 1. The lowest BCUT2D eigenvalue weighted by Gasteiger charge is -2.34. The molecule has 0 aliphatic carbocycles. The van der Waals surface area contributed by atoms with Gasteiger partial charge in [0.25, 0.3) is 10.0 Å². The van der Waals surface area contributed by atoms with Crippen LogP contribution in [-0.4, -0.2) is 59.3 Å². The largest absolute Gasteiger partial charge is 0.486 e. The van der Waals surface area contributed by atoms with Gasteiger partial charge in [-0.2, -0.15) is 4.31 Å². The molecule has 8 nitrogen and oxygen atoms in total. The fourth-order valence-electron chi connectivity index (χ4n) is 4.03. The second kappa shape index (κ2) is 9.57. The SMILES string of the molecule is O=C(Cn1c(COc2ccccc2)nc2ccccc21)N1CCN(S(=O)(=O)c2cccs2)CC1. The monoisotopic (exact) mass is 496 g/mol. The summed E-state index contributed by atoms with van der Waals surface area (Å²) < 4.78 is 35.1. The van der Waals surface area contributed by atoms with Crippen LogP contribution in [0.2, 0.25) is 0 Å². The summed E-state index contributed by atoms with van der Waals surface area (Å²) in [6, 6.07) is 20.5. The van der Waals surface area contributed by atoms with Crippen molar-refractivity contribution < 1.29 is 17.9 Å². The van der Waals surface area contributed by atoms with Crippen LogP contribution in [0.4, 0.5) is 0 Å². The molecule has 2 aromatic carbocycles. The molecule has 0 radical (unpaired) electrons. The maximum absolute atomic E-state index is 13.2. The van der Waals surface area contributed by atoms with Crippen LogP contribution < -0.4 is 4.74 Å². The highest BCUT2D eigenvalue weighted by Gasteiger charge is 2.31. The highest BCUT2D eigenvalue weighted by atomic mass is 32.2. The van der Waals surface area contributed by atoms with E-state index < -0.39 is 10.0 Å². The highest BCUT2D eigenvalue weighted by Crippen LogP contribution is 2.23. The highest BCUT2D eigenvalue weighted by molar-refractivity contribution is 7.91. The van der Waals surface area contributed by atoms with Gasteiger partial charge in [0, 0.05) is 26.2 Å². The van der Waals surface area contributed by atoms with E-state index in [1.807, 2.05) is 59.2 Å². The van der Waals surface area contributed by atoms with Gasteiger partial charge in [-0.05, 0) is 35.7 Å². The number of thiophene rings is 1. The number of para-hydroxylation sites is 3. The number of imidazole rings is 1. The molecule has 1 aliphatic heterocycles. The van der Waals surface area contributed by atoms with Crippen LogP contribution in [0.1, 0.15) is 5.82 Å². The molecule has 3 heterocycles. The Morgan fingerprint density at radius 3 is 2.41 bits per heavy atom. The number of aromatic nitrogens is 2. The number of ether oxygens (including phenoxy) is 1. The Morgan fingerprint density at radius 2 is 1.68 bits per heavy atom. The number of fused-ring (bicyclic) bond motifs is 1. The van der Waals surface area contributed by atoms with Gasteiger partial charge in [-0.1, -0.05) is 36.4 Å². The molecule has 0 unspecified atom stereocenters. The smallest absolute Gasteiger partial charge is 0.252 e. The third-order valence-electron chi connectivity index (χ3n) is 5.82. The molecule has 2 aromatic heterocycles. The maximum atomic E-state index is 13.2. The van der Waals surface area contributed by atoms with E-state index in [0.717, 1.165) is 16.8 Å². The number of rotatable bonds is 7. The molecule has 0 N–H and O–H groups in total. The Hall–Kier alpha value is -3.21. The lowest BCUT2D eigenvalue weighted by molar-refractivity contribution is -0.133. The summed E-state index contributed by atoms with van der Waals surface area (Å²) in [7, 11) is -3.50. The Labute approximate surface area is 202 Å². The molecule has 34 heavy (non-hydrogen) atoms. The zero-order valence-electron chi connectivity index (χ0n) is 18.4. The lowest BCUT2D eigenvalue weighted by Crippen LogP contribution is -2.51. The molecule has 5 rings (SSSR count). The minimum Gasteiger partial charge on any atom is -0.486 e. The molecule has 1 fully saturated rings. The van der Waals surface area contributed by atoms with E-state index in [4.69, 9.17) is 4.74 Å². The van der Waals surface area contributed by atoms with Gasteiger partial charge >= 0.3 is 0 Å².